The Bertz CT molecular complexity index is 532. The van der Waals surface area contributed by atoms with Crippen LogP contribution in [0.3, 0.4) is 0 Å². The maximum absolute atomic E-state index is 5.59. The third kappa shape index (κ3) is 3.17. The molecule has 0 unspecified atom stereocenters. The molecule has 0 aromatic carbocycles. The number of rotatable bonds is 4. The Hall–Kier alpha value is -1.68. The van der Waals surface area contributed by atoms with Crippen molar-refractivity contribution < 1.29 is 4.42 Å². The van der Waals surface area contributed by atoms with Gasteiger partial charge in [0.25, 0.3) is 0 Å². The van der Waals surface area contributed by atoms with E-state index in [2.05, 4.69) is 29.1 Å². The Labute approximate surface area is 107 Å². The molecule has 0 saturated heterocycles. The number of aromatic nitrogens is 2. The van der Waals surface area contributed by atoms with Gasteiger partial charge in [-0.25, -0.2) is 9.97 Å². The lowest BCUT2D eigenvalue weighted by molar-refractivity contribution is 0.543. The van der Waals surface area contributed by atoms with E-state index in [1.807, 2.05) is 32.0 Å². The highest BCUT2D eigenvalue weighted by atomic mass is 16.3. The van der Waals surface area contributed by atoms with Gasteiger partial charge >= 0.3 is 0 Å². The fraction of sp³-hybridized carbons (Fsp3) is 0.429. The minimum atomic E-state index is 0.420. The summed E-state index contributed by atoms with van der Waals surface area (Å²) in [5.74, 6) is 2.49. The van der Waals surface area contributed by atoms with Crippen molar-refractivity contribution in [2.75, 3.05) is 0 Å². The van der Waals surface area contributed by atoms with Crippen LogP contribution in [-0.2, 0) is 6.54 Å². The number of nitrogens with zero attached hydrogens (tertiary/aromatic N) is 2. The second kappa shape index (κ2) is 5.31. The summed E-state index contributed by atoms with van der Waals surface area (Å²) in [4.78, 5) is 8.94. The molecule has 0 saturated carbocycles. The zero-order chi connectivity index (χ0) is 13.1. The molecular weight excluding hydrogens is 226 g/mol. The first-order chi connectivity index (χ1) is 8.54. The second-order valence-electron chi connectivity index (χ2n) is 4.76. The molecule has 96 valence electrons. The first-order valence-corrected chi connectivity index (χ1v) is 6.19. The highest BCUT2D eigenvalue weighted by Crippen LogP contribution is 2.20. The van der Waals surface area contributed by atoms with Gasteiger partial charge in [-0.1, -0.05) is 13.8 Å². The lowest BCUT2D eigenvalue weighted by atomic mass is 10.2. The summed E-state index contributed by atoms with van der Waals surface area (Å²) in [6.45, 7) is 8.78. The summed E-state index contributed by atoms with van der Waals surface area (Å²) in [7, 11) is 0. The minimum absolute atomic E-state index is 0.420. The average molecular weight is 245 g/mol. The summed E-state index contributed by atoms with van der Waals surface area (Å²) in [5.41, 5.74) is 1.80. The highest BCUT2D eigenvalue weighted by molar-refractivity contribution is 5.52. The van der Waals surface area contributed by atoms with Crippen LogP contribution in [0.5, 0.6) is 0 Å². The summed E-state index contributed by atoms with van der Waals surface area (Å²) < 4.78 is 5.59. The molecule has 2 heterocycles. The minimum Gasteiger partial charge on any atom is -0.460 e. The molecule has 2 rings (SSSR count). The predicted molar refractivity (Wildman–Crippen MR) is 71.2 cm³/mol. The number of aryl methyl sites for hydroxylation is 2. The fourth-order valence-electron chi connectivity index (χ4n) is 1.70. The molecule has 0 aliphatic rings. The van der Waals surface area contributed by atoms with E-state index in [4.69, 9.17) is 4.42 Å². The topological polar surface area (TPSA) is 51.0 Å². The van der Waals surface area contributed by atoms with Crippen LogP contribution in [0, 0.1) is 13.8 Å². The van der Waals surface area contributed by atoms with Crippen LogP contribution in [0.2, 0.25) is 0 Å². The van der Waals surface area contributed by atoms with Crippen molar-refractivity contribution in [3.8, 4) is 11.5 Å². The molecule has 0 aliphatic carbocycles. The molecule has 0 radical (unpaired) electrons. The van der Waals surface area contributed by atoms with E-state index in [0.29, 0.717) is 12.6 Å². The monoisotopic (exact) mass is 245 g/mol. The summed E-state index contributed by atoms with van der Waals surface area (Å²) in [6.07, 6.45) is 0. The Kier molecular flexibility index (Phi) is 3.77. The SMILES string of the molecule is Cc1cc(-c2ccc(C)o2)nc(CNC(C)C)n1. The number of hydrogen-bond donors (Lipinski definition) is 1. The predicted octanol–water partition coefficient (Wildman–Crippen LogP) is 2.85. The van der Waals surface area contributed by atoms with E-state index in [1.165, 1.54) is 0 Å². The molecule has 0 spiro atoms. The van der Waals surface area contributed by atoms with Crippen molar-refractivity contribution >= 4 is 0 Å². The molecule has 0 atom stereocenters. The van der Waals surface area contributed by atoms with Gasteiger partial charge in [0.2, 0.25) is 0 Å². The second-order valence-corrected chi connectivity index (χ2v) is 4.76. The molecule has 1 N–H and O–H groups in total. The highest BCUT2D eigenvalue weighted by Gasteiger charge is 2.08. The van der Waals surface area contributed by atoms with Gasteiger partial charge in [-0.15, -0.1) is 0 Å². The van der Waals surface area contributed by atoms with Crippen LogP contribution in [-0.4, -0.2) is 16.0 Å². The van der Waals surface area contributed by atoms with Gasteiger partial charge in [-0.3, -0.25) is 0 Å². The molecule has 0 amide bonds. The molecular formula is C14H19N3O. The lowest BCUT2D eigenvalue weighted by Crippen LogP contribution is -2.23. The third-order valence-electron chi connectivity index (χ3n) is 2.56. The van der Waals surface area contributed by atoms with Gasteiger partial charge in [-0.2, -0.15) is 0 Å². The Morgan fingerprint density at radius 1 is 1.22 bits per heavy atom. The quantitative estimate of drug-likeness (QED) is 0.900. The Balaban J connectivity index is 2.26. The van der Waals surface area contributed by atoms with E-state index in [0.717, 1.165) is 28.7 Å². The van der Waals surface area contributed by atoms with Crippen molar-refractivity contribution in [1.82, 2.24) is 15.3 Å². The molecule has 0 aliphatic heterocycles. The van der Waals surface area contributed by atoms with Crippen LogP contribution in [0.4, 0.5) is 0 Å². The first kappa shape index (κ1) is 12.8. The molecule has 4 nitrogen and oxygen atoms in total. The van der Waals surface area contributed by atoms with E-state index in [-0.39, 0.29) is 0 Å². The van der Waals surface area contributed by atoms with Crippen molar-refractivity contribution in [3.63, 3.8) is 0 Å². The van der Waals surface area contributed by atoms with E-state index in [9.17, 15) is 0 Å². The van der Waals surface area contributed by atoms with Crippen molar-refractivity contribution in [1.29, 1.82) is 0 Å². The number of nitrogens with one attached hydrogen (secondary N) is 1. The van der Waals surface area contributed by atoms with Crippen molar-refractivity contribution in [3.05, 3.63) is 35.5 Å². The molecule has 4 heteroatoms. The first-order valence-electron chi connectivity index (χ1n) is 6.19. The molecule has 0 fully saturated rings. The maximum Gasteiger partial charge on any atom is 0.152 e. The smallest absolute Gasteiger partial charge is 0.152 e. The zero-order valence-electron chi connectivity index (χ0n) is 11.3. The lowest BCUT2D eigenvalue weighted by Gasteiger charge is -2.08. The zero-order valence-corrected chi connectivity index (χ0v) is 11.3. The number of hydrogen-bond acceptors (Lipinski definition) is 4. The molecule has 18 heavy (non-hydrogen) atoms. The van der Waals surface area contributed by atoms with Gasteiger partial charge in [0.1, 0.15) is 17.3 Å². The van der Waals surface area contributed by atoms with Crippen molar-refractivity contribution in [2.24, 2.45) is 0 Å². The van der Waals surface area contributed by atoms with Crippen LogP contribution in [0.1, 0.15) is 31.1 Å². The third-order valence-corrected chi connectivity index (χ3v) is 2.56. The maximum atomic E-state index is 5.59. The molecule has 2 aromatic heterocycles. The van der Waals surface area contributed by atoms with Crippen LogP contribution in [0.15, 0.2) is 22.6 Å². The number of furan rings is 1. The van der Waals surface area contributed by atoms with Gasteiger partial charge in [0, 0.05) is 11.7 Å². The van der Waals surface area contributed by atoms with E-state index < -0.39 is 0 Å². The van der Waals surface area contributed by atoms with E-state index >= 15 is 0 Å². The Morgan fingerprint density at radius 2 is 2.00 bits per heavy atom. The van der Waals surface area contributed by atoms with Crippen molar-refractivity contribution in [2.45, 2.75) is 40.3 Å². The normalized spacial score (nSPS) is 11.2. The van der Waals surface area contributed by atoms with Crippen LogP contribution in [0.25, 0.3) is 11.5 Å². The van der Waals surface area contributed by atoms with Gasteiger partial charge in [0.15, 0.2) is 5.76 Å². The average Bonchev–Trinajstić information content (AvgIpc) is 2.72. The summed E-state index contributed by atoms with van der Waals surface area (Å²) in [6, 6.07) is 6.25. The fourth-order valence-corrected chi connectivity index (χ4v) is 1.70. The van der Waals surface area contributed by atoms with Crippen LogP contribution < -0.4 is 5.32 Å². The standard InChI is InChI=1S/C14H19N3O/c1-9(2)15-8-14-16-10(3)7-12(17-14)13-6-5-11(4)18-13/h5-7,9,15H,8H2,1-4H3. The summed E-state index contributed by atoms with van der Waals surface area (Å²) in [5, 5.41) is 3.32. The van der Waals surface area contributed by atoms with E-state index in [1.54, 1.807) is 0 Å². The molecule has 2 aromatic rings. The van der Waals surface area contributed by atoms with Gasteiger partial charge < -0.3 is 9.73 Å². The van der Waals surface area contributed by atoms with Gasteiger partial charge in [-0.05, 0) is 32.0 Å². The summed E-state index contributed by atoms with van der Waals surface area (Å²) >= 11 is 0. The largest absolute Gasteiger partial charge is 0.460 e. The van der Waals surface area contributed by atoms with Crippen LogP contribution >= 0.6 is 0 Å². The molecule has 0 bridgehead atoms. The van der Waals surface area contributed by atoms with Gasteiger partial charge in [0.05, 0.1) is 6.54 Å². The Morgan fingerprint density at radius 3 is 2.61 bits per heavy atom.